The van der Waals surface area contributed by atoms with Crippen molar-refractivity contribution in [1.29, 1.82) is 0 Å². The van der Waals surface area contributed by atoms with Crippen molar-refractivity contribution < 1.29 is 22.8 Å². The van der Waals surface area contributed by atoms with E-state index in [1.807, 2.05) is 6.08 Å². The van der Waals surface area contributed by atoms with E-state index in [0.717, 1.165) is 18.4 Å². The smallest absolute Gasteiger partial charge is 0.255 e. The van der Waals surface area contributed by atoms with Gasteiger partial charge in [0.1, 0.15) is 23.0 Å². The summed E-state index contributed by atoms with van der Waals surface area (Å²) in [4.78, 5) is 26.1. The van der Waals surface area contributed by atoms with Gasteiger partial charge >= 0.3 is 0 Å². The van der Waals surface area contributed by atoms with Gasteiger partial charge in [0.05, 0.1) is 11.1 Å². The maximum absolute atomic E-state index is 15.1. The zero-order valence-corrected chi connectivity index (χ0v) is 21.3. The van der Waals surface area contributed by atoms with Crippen LogP contribution in [0.1, 0.15) is 33.6 Å². The predicted octanol–water partition coefficient (Wildman–Crippen LogP) is 6.97. The summed E-state index contributed by atoms with van der Waals surface area (Å²) in [5, 5.41) is 6.13. The molecule has 3 aromatic carbocycles. The highest BCUT2D eigenvalue weighted by atomic mass is 19.1. The Morgan fingerprint density at radius 3 is 2.31 bits per heavy atom. The van der Waals surface area contributed by atoms with Gasteiger partial charge in [-0.3, -0.25) is 9.59 Å². The molecule has 5 nitrogen and oxygen atoms in total. The molecule has 1 aromatic heterocycles. The molecule has 7 heteroatoms. The minimum absolute atomic E-state index is 0.201. The standard InChI is InChI=1S/C32H26F2N2O3/c1-4-6-22(5-2)32(15-16-32)36-30(37)21-9-13-26(34)24(18-21)20-10-14-27-25(17-20)28(31(38)35-3)29(39-27)19-7-11-23(33)12-8-19/h4-14,17-18H,1-2,15-16H2,3H3,(H,35,38)(H,36,37). The fourth-order valence-corrected chi connectivity index (χ4v) is 4.76. The number of carbonyl (C=O) groups is 2. The minimum Gasteiger partial charge on any atom is -0.455 e. The van der Waals surface area contributed by atoms with Crippen LogP contribution in [0.3, 0.4) is 0 Å². The molecule has 0 unspecified atom stereocenters. The monoisotopic (exact) mass is 524 g/mol. The zero-order valence-electron chi connectivity index (χ0n) is 21.3. The van der Waals surface area contributed by atoms with E-state index in [9.17, 15) is 14.0 Å². The molecule has 196 valence electrons. The highest BCUT2D eigenvalue weighted by Gasteiger charge is 2.46. The maximum Gasteiger partial charge on any atom is 0.255 e. The first-order valence-corrected chi connectivity index (χ1v) is 12.4. The first-order valence-electron chi connectivity index (χ1n) is 12.4. The number of nitrogens with one attached hydrogen (secondary N) is 2. The van der Waals surface area contributed by atoms with Crippen molar-refractivity contribution in [3.05, 3.63) is 120 Å². The molecular formula is C32H26F2N2O3. The number of carbonyl (C=O) groups excluding carboxylic acids is 2. The van der Waals surface area contributed by atoms with E-state index in [2.05, 4.69) is 23.8 Å². The van der Waals surface area contributed by atoms with E-state index in [4.69, 9.17) is 4.42 Å². The summed E-state index contributed by atoms with van der Waals surface area (Å²) in [5.74, 6) is -1.40. The van der Waals surface area contributed by atoms with Crippen LogP contribution in [-0.2, 0) is 0 Å². The lowest BCUT2D eigenvalue weighted by Gasteiger charge is -2.19. The molecular weight excluding hydrogens is 498 g/mol. The van der Waals surface area contributed by atoms with E-state index in [0.29, 0.717) is 27.7 Å². The Kier molecular flexibility index (Phi) is 6.74. The van der Waals surface area contributed by atoms with Crippen molar-refractivity contribution in [2.75, 3.05) is 7.05 Å². The fraction of sp³-hybridized carbons (Fsp3) is 0.125. The molecule has 39 heavy (non-hydrogen) atoms. The van der Waals surface area contributed by atoms with Crippen LogP contribution in [0.15, 0.2) is 102 Å². The van der Waals surface area contributed by atoms with Gasteiger partial charge in [0.25, 0.3) is 11.8 Å². The summed E-state index contributed by atoms with van der Waals surface area (Å²) in [7, 11) is 1.50. The van der Waals surface area contributed by atoms with Crippen LogP contribution >= 0.6 is 0 Å². The number of benzene rings is 3. The van der Waals surface area contributed by atoms with Gasteiger partial charge in [-0.25, -0.2) is 8.78 Å². The van der Waals surface area contributed by atoms with Gasteiger partial charge < -0.3 is 15.1 Å². The zero-order chi connectivity index (χ0) is 27.7. The summed E-state index contributed by atoms with van der Waals surface area (Å²) < 4.78 is 34.6. The number of fused-ring (bicyclic) bond motifs is 1. The summed E-state index contributed by atoms with van der Waals surface area (Å²) in [6.45, 7) is 7.56. The van der Waals surface area contributed by atoms with Crippen molar-refractivity contribution in [3.63, 3.8) is 0 Å². The third-order valence-electron chi connectivity index (χ3n) is 6.96. The molecule has 1 aliphatic rings. The third-order valence-corrected chi connectivity index (χ3v) is 6.96. The van der Waals surface area contributed by atoms with Gasteiger partial charge in [-0.2, -0.15) is 0 Å². The molecule has 2 amide bonds. The fourth-order valence-electron chi connectivity index (χ4n) is 4.76. The van der Waals surface area contributed by atoms with E-state index >= 15 is 4.39 Å². The van der Waals surface area contributed by atoms with Crippen LogP contribution in [0.4, 0.5) is 8.78 Å². The summed E-state index contributed by atoms with van der Waals surface area (Å²) in [6, 6.07) is 14.8. The summed E-state index contributed by atoms with van der Waals surface area (Å²) in [5.41, 5.74) is 2.51. The molecule has 2 N–H and O–H groups in total. The quantitative estimate of drug-likeness (QED) is 0.245. The molecule has 4 aromatic rings. The van der Waals surface area contributed by atoms with Crippen LogP contribution < -0.4 is 10.6 Å². The summed E-state index contributed by atoms with van der Waals surface area (Å²) >= 11 is 0. The van der Waals surface area contributed by atoms with Crippen molar-refractivity contribution in [2.24, 2.45) is 0 Å². The predicted molar refractivity (Wildman–Crippen MR) is 148 cm³/mol. The van der Waals surface area contributed by atoms with Crippen molar-refractivity contribution >= 4 is 22.8 Å². The Balaban J connectivity index is 1.55. The minimum atomic E-state index is -0.519. The molecule has 0 radical (unpaired) electrons. The molecule has 1 heterocycles. The molecule has 1 aliphatic carbocycles. The van der Waals surface area contributed by atoms with Crippen molar-refractivity contribution in [1.82, 2.24) is 10.6 Å². The van der Waals surface area contributed by atoms with Gasteiger partial charge in [0, 0.05) is 29.1 Å². The summed E-state index contributed by atoms with van der Waals surface area (Å²) in [6.07, 6.45) is 6.72. The molecule has 0 aliphatic heterocycles. The van der Waals surface area contributed by atoms with E-state index in [1.54, 1.807) is 30.4 Å². The highest BCUT2D eigenvalue weighted by Crippen LogP contribution is 2.43. The Labute approximate surface area is 224 Å². The second-order valence-electron chi connectivity index (χ2n) is 9.40. The topological polar surface area (TPSA) is 71.3 Å². The van der Waals surface area contributed by atoms with Gasteiger partial charge in [0.15, 0.2) is 0 Å². The second-order valence-corrected chi connectivity index (χ2v) is 9.40. The molecule has 0 bridgehead atoms. The van der Waals surface area contributed by atoms with Gasteiger partial charge in [-0.1, -0.05) is 37.5 Å². The molecule has 0 atom stereocenters. The van der Waals surface area contributed by atoms with E-state index in [1.165, 1.54) is 49.5 Å². The first-order chi connectivity index (χ1) is 18.8. The largest absolute Gasteiger partial charge is 0.455 e. The van der Waals surface area contributed by atoms with Gasteiger partial charge in [0.2, 0.25) is 0 Å². The molecule has 1 fully saturated rings. The normalized spacial score (nSPS) is 14.1. The first kappa shape index (κ1) is 25.9. The Morgan fingerprint density at radius 2 is 1.67 bits per heavy atom. The number of halogens is 2. The van der Waals surface area contributed by atoms with Crippen LogP contribution in [0.5, 0.6) is 0 Å². The third kappa shape index (κ3) is 4.79. The maximum atomic E-state index is 15.1. The average Bonchev–Trinajstić information content (AvgIpc) is 3.62. The van der Waals surface area contributed by atoms with Crippen LogP contribution in [0.2, 0.25) is 0 Å². The van der Waals surface area contributed by atoms with Crippen LogP contribution in [0, 0.1) is 11.6 Å². The Bertz CT molecular complexity index is 1660. The number of hydrogen-bond donors (Lipinski definition) is 2. The Hall–Kier alpha value is -4.78. The van der Waals surface area contributed by atoms with Crippen molar-refractivity contribution in [3.8, 4) is 22.5 Å². The number of furan rings is 1. The van der Waals surface area contributed by atoms with Crippen LogP contribution in [0.25, 0.3) is 33.4 Å². The lowest BCUT2D eigenvalue weighted by Crippen LogP contribution is -2.38. The van der Waals surface area contributed by atoms with Crippen molar-refractivity contribution in [2.45, 2.75) is 18.4 Å². The average molecular weight is 525 g/mol. The van der Waals surface area contributed by atoms with Gasteiger partial charge in [-0.15, -0.1) is 0 Å². The van der Waals surface area contributed by atoms with E-state index < -0.39 is 23.1 Å². The SMILES string of the molecule is C=CC=C(C=C)C1(NC(=O)c2ccc(F)c(-c3ccc4oc(-c5ccc(F)cc5)c(C(=O)NC)c4c3)c2)CC1. The number of rotatable bonds is 8. The number of hydrogen-bond acceptors (Lipinski definition) is 3. The van der Waals surface area contributed by atoms with Crippen LogP contribution in [-0.4, -0.2) is 24.4 Å². The molecule has 5 rings (SSSR count). The molecule has 0 spiro atoms. The Morgan fingerprint density at radius 1 is 0.949 bits per heavy atom. The number of amides is 2. The molecule has 0 saturated heterocycles. The second kappa shape index (κ2) is 10.2. The lowest BCUT2D eigenvalue weighted by molar-refractivity contribution is 0.0936. The van der Waals surface area contributed by atoms with E-state index in [-0.39, 0.29) is 22.8 Å². The lowest BCUT2D eigenvalue weighted by atomic mass is 9.98. The van der Waals surface area contributed by atoms with Gasteiger partial charge in [-0.05, 0) is 78.6 Å². The number of allylic oxidation sites excluding steroid dienone is 2. The molecule has 1 saturated carbocycles. The highest BCUT2D eigenvalue weighted by molar-refractivity contribution is 6.12.